The molecule has 2 unspecified atom stereocenters. The van der Waals surface area contributed by atoms with Crippen molar-refractivity contribution in [1.29, 1.82) is 0 Å². The lowest BCUT2D eigenvalue weighted by molar-refractivity contribution is 0.0203. The quantitative estimate of drug-likeness (QED) is 0.429. The molecule has 1 rings (SSSR count). The van der Waals surface area contributed by atoms with Gasteiger partial charge in [-0.25, -0.2) is 0 Å². The first-order valence-electron chi connectivity index (χ1n) is 4.32. The number of rotatable bonds is 7. The summed E-state index contributed by atoms with van der Waals surface area (Å²) in [7, 11) is 0. The number of hydrogen-bond acceptors (Lipinski definition) is 3. The molecular weight excluding hydrogens is 156 g/mol. The van der Waals surface area contributed by atoms with Gasteiger partial charge >= 0.3 is 0 Å². The van der Waals surface area contributed by atoms with Crippen molar-refractivity contribution in [3.63, 3.8) is 0 Å². The van der Waals surface area contributed by atoms with Gasteiger partial charge in [-0.3, -0.25) is 0 Å². The van der Waals surface area contributed by atoms with Crippen LogP contribution in [0, 0.1) is 0 Å². The molecule has 0 radical (unpaired) electrons. The van der Waals surface area contributed by atoms with Crippen molar-refractivity contribution in [2.75, 3.05) is 19.8 Å². The molecule has 1 saturated heterocycles. The van der Waals surface area contributed by atoms with Crippen molar-refractivity contribution in [2.45, 2.75) is 25.6 Å². The molecule has 0 N–H and O–H groups in total. The monoisotopic (exact) mass is 172 g/mol. The molecule has 0 saturated carbocycles. The van der Waals surface area contributed by atoms with Crippen molar-refractivity contribution in [1.82, 2.24) is 0 Å². The Morgan fingerprint density at radius 3 is 3.00 bits per heavy atom. The molecule has 0 bridgehead atoms. The van der Waals surface area contributed by atoms with Crippen LogP contribution in [0.15, 0.2) is 12.8 Å². The van der Waals surface area contributed by atoms with Crippen LogP contribution in [0.4, 0.5) is 0 Å². The maximum absolute atomic E-state index is 5.37. The maximum Gasteiger partial charge on any atom is 0.121 e. The second kappa shape index (κ2) is 5.17. The normalized spacial score (nSPS) is 23.2. The molecule has 3 heteroatoms. The summed E-state index contributed by atoms with van der Waals surface area (Å²) >= 11 is 0. The summed E-state index contributed by atoms with van der Waals surface area (Å²) in [5, 5.41) is 0. The van der Waals surface area contributed by atoms with E-state index in [4.69, 9.17) is 14.2 Å². The van der Waals surface area contributed by atoms with E-state index in [1.807, 2.05) is 0 Å². The van der Waals surface area contributed by atoms with Gasteiger partial charge in [-0.2, -0.15) is 0 Å². The Bertz CT molecular complexity index is 132. The van der Waals surface area contributed by atoms with E-state index in [-0.39, 0.29) is 6.10 Å². The molecule has 1 heterocycles. The van der Waals surface area contributed by atoms with Gasteiger partial charge in [0.2, 0.25) is 0 Å². The van der Waals surface area contributed by atoms with Crippen molar-refractivity contribution in [3.05, 3.63) is 12.8 Å². The Morgan fingerprint density at radius 2 is 2.50 bits per heavy atom. The molecule has 0 aliphatic carbocycles. The lowest BCUT2D eigenvalue weighted by Crippen LogP contribution is -2.18. The highest BCUT2D eigenvalue weighted by atomic mass is 16.6. The first-order chi connectivity index (χ1) is 5.86. The van der Waals surface area contributed by atoms with Gasteiger partial charge in [0.1, 0.15) is 12.2 Å². The zero-order chi connectivity index (χ0) is 8.81. The van der Waals surface area contributed by atoms with Crippen LogP contribution in [0.3, 0.4) is 0 Å². The fourth-order valence-corrected chi connectivity index (χ4v) is 0.885. The van der Waals surface area contributed by atoms with Gasteiger partial charge in [-0.05, 0) is 6.42 Å². The molecule has 70 valence electrons. The highest BCUT2D eigenvalue weighted by Gasteiger charge is 2.22. The topological polar surface area (TPSA) is 31.0 Å². The van der Waals surface area contributed by atoms with Gasteiger partial charge < -0.3 is 14.2 Å². The van der Waals surface area contributed by atoms with E-state index < -0.39 is 0 Å². The van der Waals surface area contributed by atoms with Crippen molar-refractivity contribution < 1.29 is 14.2 Å². The predicted octanol–water partition coefficient (Wildman–Crippen LogP) is 1.34. The second-order valence-corrected chi connectivity index (χ2v) is 2.83. The molecule has 0 aromatic carbocycles. The summed E-state index contributed by atoms with van der Waals surface area (Å²) in [6.45, 7) is 7.73. The highest BCUT2D eigenvalue weighted by Crippen LogP contribution is 2.09. The molecule has 1 fully saturated rings. The molecular formula is C9H16O3. The van der Waals surface area contributed by atoms with Gasteiger partial charge in [0.25, 0.3) is 0 Å². The molecule has 1 aliphatic heterocycles. The smallest absolute Gasteiger partial charge is 0.121 e. The van der Waals surface area contributed by atoms with Gasteiger partial charge in [0.05, 0.1) is 26.1 Å². The largest absolute Gasteiger partial charge is 0.496 e. The third-order valence-corrected chi connectivity index (χ3v) is 1.75. The van der Waals surface area contributed by atoms with E-state index >= 15 is 0 Å². The minimum Gasteiger partial charge on any atom is -0.496 e. The molecule has 12 heavy (non-hydrogen) atoms. The number of epoxide rings is 1. The Balaban J connectivity index is 1.96. The van der Waals surface area contributed by atoms with Crippen LogP contribution in [0.25, 0.3) is 0 Å². The van der Waals surface area contributed by atoms with Crippen LogP contribution < -0.4 is 0 Å². The SMILES string of the molecule is C=COC(CC)COCC1CO1. The van der Waals surface area contributed by atoms with Crippen molar-refractivity contribution in [2.24, 2.45) is 0 Å². The van der Waals surface area contributed by atoms with E-state index in [1.165, 1.54) is 6.26 Å². The van der Waals surface area contributed by atoms with E-state index in [0.29, 0.717) is 19.3 Å². The average Bonchev–Trinajstić information content (AvgIpc) is 2.87. The van der Waals surface area contributed by atoms with Crippen LogP contribution >= 0.6 is 0 Å². The Kier molecular flexibility index (Phi) is 4.11. The van der Waals surface area contributed by atoms with Crippen LogP contribution in [0.2, 0.25) is 0 Å². The number of hydrogen-bond donors (Lipinski definition) is 0. The summed E-state index contributed by atoms with van der Waals surface area (Å²) in [6.07, 6.45) is 2.88. The Labute approximate surface area is 73.3 Å². The molecule has 0 aromatic rings. The molecule has 0 spiro atoms. The zero-order valence-corrected chi connectivity index (χ0v) is 7.49. The van der Waals surface area contributed by atoms with Crippen LogP contribution in [0.5, 0.6) is 0 Å². The minimum atomic E-state index is 0.140. The minimum absolute atomic E-state index is 0.140. The van der Waals surface area contributed by atoms with Crippen LogP contribution in [0.1, 0.15) is 13.3 Å². The molecule has 3 nitrogen and oxygen atoms in total. The fourth-order valence-electron chi connectivity index (χ4n) is 0.885. The number of ether oxygens (including phenoxy) is 3. The van der Waals surface area contributed by atoms with Crippen LogP contribution in [-0.2, 0) is 14.2 Å². The third-order valence-electron chi connectivity index (χ3n) is 1.75. The zero-order valence-electron chi connectivity index (χ0n) is 7.49. The summed E-state index contributed by atoms with van der Waals surface area (Å²) in [6, 6.07) is 0. The van der Waals surface area contributed by atoms with Gasteiger partial charge in [-0.15, -0.1) is 0 Å². The van der Waals surface area contributed by atoms with E-state index in [0.717, 1.165) is 13.0 Å². The summed E-state index contributed by atoms with van der Waals surface area (Å²) < 4.78 is 15.6. The van der Waals surface area contributed by atoms with Gasteiger partial charge in [-0.1, -0.05) is 13.5 Å². The molecule has 0 aromatic heterocycles. The van der Waals surface area contributed by atoms with Crippen molar-refractivity contribution in [3.8, 4) is 0 Å². The summed E-state index contributed by atoms with van der Waals surface area (Å²) in [5.41, 5.74) is 0. The maximum atomic E-state index is 5.37. The van der Waals surface area contributed by atoms with Crippen molar-refractivity contribution >= 4 is 0 Å². The van der Waals surface area contributed by atoms with Crippen LogP contribution in [-0.4, -0.2) is 32.0 Å². The average molecular weight is 172 g/mol. The van der Waals surface area contributed by atoms with E-state index in [1.54, 1.807) is 0 Å². The summed E-state index contributed by atoms with van der Waals surface area (Å²) in [5.74, 6) is 0. The fraction of sp³-hybridized carbons (Fsp3) is 0.778. The van der Waals surface area contributed by atoms with Gasteiger partial charge in [0.15, 0.2) is 0 Å². The third kappa shape index (κ3) is 3.74. The first kappa shape index (κ1) is 9.55. The highest BCUT2D eigenvalue weighted by molar-refractivity contribution is 4.68. The molecule has 0 amide bonds. The van der Waals surface area contributed by atoms with E-state index in [2.05, 4.69) is 13.5 Å². The predicted molar refractivity (Wildman–Crippen MR) is 45.9 cm³/mol. The van der Waals surface area contributed by atoms with E-state index in [9.17, 15) is 0 Å². The molecule has 1 aliphatic rings. The molecule has 2 atom stereocenters. The lowest BCUT2D eigenvalue weighted by Gasteiger charge is -2.13. The lowest BCUT2D eigenvalue weighted by atomic mass is 10.3. The first-order valence-corrected chi connectivity index (χ1v) is 4.32. The van der Waals surface area contributed by atoms with Gasteiger partial charge in [0, 0.05) is 0 Å². The Hall–Kier alpha value is -0.540. The second-order valence-electron chi connectivity index (χ2n) is 2.83. The summed E-state index contributed by atoms with van der Waals surface area (Å²) in [4.78, 5) is 0. The standard InChI is InChI=1S/C9H16O3/c1-3-8(11-4-2)5-10-6-9-7-12-9/h4,8-9H,2-3,5-7H2,1H3. The Morgan fingerprint density at radius 1 is 1.75 bits per heavy atom.